The third kappa shape index (κ3) is 2.87. The van der Waals surface area contributed by atoms with E-state index in [2.05, 4.69) is 27.7 Å². The monoisotopic (exact) mass is 202 g/mol. The smallest absolute Gasteiger partial charge is 0.0277 e. The Labute approximate surface area is 88.1 Å². The van der Waals surface area contributed by atoms with E-state index in [0.29, 0.717) is 5.41 Å². The summed E-state index contributed by atoms with van der Waals surface area (Å²) in [4.78, 5) is 0. The fourth-order valence-corrected chi connectivity index (χ4v) is 2.91. The quantitative estimate of drug-likeness (QED) is 0.585. The summed E-state index contributed by atoms with van der Waals surface area (Å²) < 4.78 is 0. The Kier molecular flexibility index (Phi) is 3.68. The Morgan fingerprint density at radius 3 is 1.92 bits per heavy atom. The van der Waals surface area contributed by atoms with Gasteiger partial charge in [-0.3, -0.25) is 0 Å². The van der Waals surface area contributed by atoms with Crippen molar-refractivity contribution in [3.05, 3.63) is 0 Å². The van der Waals surface area contributed by atoms with Crippen LogP contribution in [0.2, 0.25) is 0 Å². The lowest BCUT2D eigenvalue weighted by Gasteiger charge is -2.40. The summed E-state index contributed by atoms with van der Waals surface area (Å²) in [5.74, 6) is 3.44. The van der Waals surface area contributed by atoms with Gasteiger partial charge in [0.1, 0.15) is 0 Å². The third-order valence-corrected chi connectivity index (χ3v) is 4.32. The maximum atomic E-state index is 6.02. The van der Waals surface area contributed by atoms with E-state index in [4.69, 9.17) is 11.6 Å². The fourth-order valence-electron chi connectivity index (χ4n) is 2.69. The summed E-state index contributed by atoms with van der Waals surface area (Å²) in [5.41, 5.74) is 0.338. The molecule has 0 radical (unpaired) electrons. The molecule has 13 heavy (non-hydrogen) atoms. The van der Waals surface area contributed by atoms with Gasteiger partial charge in [-0.05, 0) is 42.4 Å². The Bertz CT molecular complexity index is 153. The number of hydrogen-bond donors (Lipinski definition) is 0. The first-order valence-corrected chi connectivity index (χ1v) is 6.05. The molecule has 1 aliphatic carbocycles. The van der Waals surface area contributed by atoms with E-state index in [9.17, 15) is 0 Å². The first-order chi connectivity index (χ1) is 5.95. The maximum absolute atomic E-state index is 6.02. The Morgan fingerprint density at radius 2 is 1.54 bits per heavy atom. The zero-order valence-corrected chi connectivity index (χ0v) is 10.2. The summed E-state index contributed by atoms with van der Waals surface area (Å²) in [7, 11) is 0. The molecule has 0 N–H and O–H groups in total. The average Bonchev–Trinajstić information content (AvgIpc) is 2.02. The molecular formula is C12H23Cl. The van der Waals surface area contributed by atoms with E-state index in [0.717, 1.165) is 23.6 Å². The Balaban J connectivity index is 2.59. The average molecular weight is 203 g/mol. The molecule has 0 aromatic carbocycles. The predicted octanol–water partition coefficient (Wildman–Crippen LogP) is 4.32. The molecule has 2 unspecified atom stereocenters. The van der Waals surface area contributed by atoms with Gasteiger partial charge in [-0.1, -0.05) is 27.7 Å². The lowest BCUT2D eigenvalue weighted by atomic mass is 9.66. The van der Waals surface area contributed by atoms with E-state index in [-0.39, 0.29) is 0 Å². The van der Waals surface area contributed by atoms with E-state index < -0.39 is 0 Å². The van der Waals surface area contributed by atoms with Crippen LogP contribution in [-0.2, 0) is 0 Å². The van der Waals surface area contributed by atoms with E-state index in [1.165, 1.54) is 19.3 Å². The minimum atomic E-state index is 0.338. The summed E-state index contributed by atoms with van der Waals surface area (Å²) >= 11 is 6.02. The standard InChI is InChI=1S/C12H23Cl/c1-9-5-10(2)7-11(6-9)12(3,4)8-13/h9-11H,5-8H2,1-4H3. The van der Waals surface area contributed by atoms with Crippen molar-refractivity contribution in [2.45, 2.75) is 47.0 Å². The molecule has 0 aliphatic heterocycles. The fraction of sp³-hybridized carbons (Fsp3) is 1.00. The van der Waals surface area contributed by atoms with Crippen molar-refractivity contribution < 1.29 is 0 Å². The minimum Gasteiger partial charge on any atom is -0.126 e. The first-order valence-electron chi connectivity index (χ1n) is 5.51. The van der Waals surface area contributed by atoms with Crippen molar-refractivity contribution in [1.29, 1.82) is 0 Å². The molecule has 78 valence electrons. The topological polar surface area (TPSA) is 0 Å². The van der Waals surface area contributed by atoms with Crippen molar-refractivity contribution >= 4 is 11.6 Å². The van der Waals surface area contributed by atoms with Crippen LogP contribution in [0.25, 0.3) is 0 Å². The minimum absolute atomic E-state index is 0.338. The molecule has 0 amide bonds. The van der Waals surface area contributed by atoms with Gasteiger partial charge in [-0.2, -0.15) is 0 Å². The summed E-state index contributed by atoms with van der Waals surface area (Å²) in [6.07, 6.45) is 4.17. The van der Waals surface area contributed by atoms with Gasteiger partial charge in [0.05, 0.1) is 0 Å². The molecule has 1 rings (SSSR count). The first kappa shape index (κ1) is 11.4. The van der Waals surface area contributed by atoms with Crippen LogP contribution in [0, 0.1) is 23.2 Å². The highest BCUT2D eigenvalue weighted by Crippen LogP contribution is 2.43. The van der Waals surface area contributed by atoms with Gasteiger partial charge in [-0.25, -0.2) is 0 Å². The van der Waals surface area contributed by atoms with Crippen LogP contribution in [0.3, 0.4) is 0 Å². The summed E-state index contributed by atoms with van der Waals surface area (Å²) in [5, 5.41) is 0. The lowest BCUT2D eigenvalue weighted by Crippen LogP contribution is -2.32. The number of rotatable bonds is 2. The Morgan fingerprint density at radius 1 is 1.08 bits per heavy atom. The van der Waals surface area contributed by atoms with Crippen LogP contribution in [0.5, 0.6) is 0 Å². The molecule has 0 aromatic rings. The normalized spacial score (nSPS) is 36.2. The molecule has 2 atom stereocenters. The summed E-state index contributed by atoms with van der Waals surface area (Å²) in [6, 6.07) is 0. The second-order valence-electron chi connectivity index (χ2n) is 5.74. The second-order valence-corrected chi connectivity index (χ2v) is 6.00. The van der Waals surface area contributed by atoms with Gasteiger partial charge >= 0.3 is 0 Å². The zero-order valence-electron chi connectivity index (χ0n) is 9.44. The van der Waals surface area contributed by atoms with Crippen molar-refractivity contribution in [2.75, 3.05) is 5.88 Å². The van der Waals surface area contributed by atoms with Gasteiger partial charge in [0.2, 0.25) is 0 Å². The van der Waals surface area contributed by atoms with Crippen molar-refractivity contribution in [3.63, 3.8) is 0 Å². The highest BCUT2D eigenvalue weighted by Gasteiger charge is 2.34. The Hall–Kier alpha value is 0.290. The van der Waals surface area contributed by atoms with Crippen molar-refractivity contribution in [3.8, 4) is 0 Å². The van der Waals surface area contributed by atoms with Crippen LogP contribution in [-0.4, -0.2) is 5.88 Å². The highest BCUT2D eigenvalue weighted by molar-refractivity contribution is 6.18. The second kappa shape index (κ2) is 4.21. The molecule has 0 nitrogen and oxygen atoms in total. The largest absolute Gasteiger partial charge is 0.126 e. The highest BCUT2D eigenvalue weighted by atomic mass is 35.5. The van der Waals surface area contributed by atoms with Gasteiger partial charge < -0.3 is 0 Å². The van der Waals surface area contributed by atoms with Crippen LogP contribution in [0.1, 0.15) is 47.0 Å². The molecule has 1 aliphatic rings. The van der Waals surface area contributed by atoms with Gasteiger partial charge in [0, 0.05) is 5.88 Å². The molecular weight excluding hydrogens is 180 g/mol. The number of alkyl halides is 1. The molecule has 1 heteroatoms. The van der Waals surface area contributed by atoms with Crippen LogP contribution in [0.15, 0.2) is 0 Å². The molecule has 1 fully saturated rings. The van der Waals surface area contributed by atoms with Crippen molar-refractivity contribution in [1.82, 2.24) is 0 Å². The van der Waals surface area contributed by atoms with Crippen LogP contribution < -0.4 is 0 Å². The third-order valence-electron chi connectivity index (χ3n) is 3.63. The lowest BCUT2D eigenvalue weighted by molar-refractivity contribution is 0.117. The molecule has 0 spiro atoms. The molecule has 0 aromatic heterocycles. The predicted molar refractivity (Wildman–Crippen MR) is 60.2 cm³/mol. The maximum Gasteiger partial charge on any atom is 0.0277 e. The van der Waals surface area contributed by atoms with Crippen LogP contribution in [0.4, 0.5) is 0 Å². The molecule has 0 bridgehead atoms. The van der Waals surface area contributed by atoms with E-state index in [1.54, 1.807) is 0 Å². The van der Waals surface area contributed by atoms with Gasteiger partial charge in [0.25, 0.3) is 0 Å². The van der Waals surface area contributed by atoms with E-state index in [1.807, 2.05) is 0 Å². The van der Waals surface area contributed by atoms with Gasteiger partial charge in [-0.15, -0.1) is 11.6 Å². The van der Waals surface area contributed by atoms with Crippen LogP contribution >= 0.6 is 11.6 Å². The SMILES string of the molecule is CC1CC(C)CC(C(C)(C)CCl)C1. The molecule has 0 heterocycles. The van der Waals surface area contributed by atoms with Crippen molar-refractivity contribution in [2.24, 2.45) is 23.2 Å². The van der Waals surface area contributed by atoms with Gasteiger partial charge in [0.15, 0.2) is 0 Å². The van der Waals surface area contributed by atoms with E-state index >= 15 is 0 Å². The number of hydrogen-bond acceptors (Lipinski definition) is 0. The zero-order chi connectivity index (χ0) is 10.1. The molecule has 0 saturated heterocycles. The number of halogens is 1. The molecule has 1 saturated carbocycles. The summed E-state index contributed by atoms with van der Waals surface area (Å²) in [6.45, 7) is 9.39.